The van der Waals surface area contributed by atoms with Crippen molar-refractivity contribution in [3.8, 4) is 0 Å². The first-order chi connectivity index (χ1) is 9.63. The van der Waals surface area contributed by atoms with Gasteiger partial charge in [0.2, 0.25) is 0 Å². The first-order valence-electron chi connectivity index (χ1n) is 6.49. The molecular formula is C14H23N3O3. The summed E-state index contributed by atoms with van der Waals surface area (Å²) in [7, 11) is 3.24. The van der Waals surface area contributed by atoms with Gasteiger partial charge in [0.05, 0.1) is 19.3 Å². The molecule has 0 fully saturated rings. The second-order valence-corrected chi connectivity index (χ2v) is 4.52. The van der Waals surface area contributed by atoms with Crippen molar-refractivity contribution in [1.82, 2.24) is 4.90 Å². The van der Waals surface area contributed by atoms with Crippen LogP contribution in [0.25, 0.3) is 0 Å². The Bertz CT molecular complexity index is 409. The number of rotatable bonds is 8. The third kappa shape index (κ3) is 4.48. The maximum absolute atomic E-state index is 12.5. The molecular weight excluding hydrogens is 258 g/mol. The average molecular weight is 281 g/mol. The van der Waals surface area contributed by atoms with Crippen molar-refractivity contribution in [3.05, 3.63) is 29.8 Å². The van der Waals surface area contributed by atoms with Crippen molar-refractivity contribution in [1.29, 1.82) is 0 Å². The van der Waals surface area contributed by atoms with Crippen LogP contribution < -0.4 is 11.3 Å². The van der Waals surface area contributed by atoms with E-state index in [1.807, 2.05) is 6.92 Å². The van der Waals surface area contributed by atoms with E-state index in [1.54, 1.807) is 43.4 Å². The minimum atomic E-state index is -0.0461. The smallest absolute Gasteiger partial charge is 0.254 e. The lowest BCUT2D eigenvalue weighted by Gasteiger charge is -2.28. The van der Waals surface area contributed by atoms with Gasteiger partial charge in [0.1, 0.15) is 0 Å². The Morgan fingerprint density at radius 1 is 1.30 bits per heavy atom. The summed E-state index contributed by atoms with van der Waals surface area (Å²) in [6.07, 6.45) is 0. The number of hydrogen-bond acceptors (Lipinski definition) is 5. The molecule has 1 rings (SSSR count). The average Bonchev–Trinajstić information content (AvgIpc) is 2.48. The molecule has 0 heterocycles. The van der Waals surface area contributed by atoms with Crippen LogP contribution in [-0.4, -0.2) is 50.8 Å². The van der Waals surface area contributed by atoms with E-state index in [0.29, 0.717) is 25.3 Å². The van der Waals surface area contributed by atoms with Crippen molar-refractivity contribution in [3.63, 3.8) is 0 Å². The number of methoxy groups -OCH3 is 2. The second-order valence-electron chi connectivity index (χ2n) is 4.52. The van der Waals surface area contributed by atoms with Gasteiger partial charge in [-0.15, -0.1) is 0 Å². The predicted octanol–water partition coefficient (Wildman–Crippen LogP) is 1.10. The van der Waals surface area contributed by atoms with Crippen molar-refractivity contribution in [2.75, 3.05) is 39.4 Å². The number of amides is 1. The van der Waals surface area contributed by atoms with Gasteiger partial charge < -0.3 is 19.8 Å². The molecule has 112 valence electrons. The molecule has 0 aliphatic heterocycles. The number of nitrogens with zero attached hydrogens (tertiary/aromatic N) is 1. The van der Waals surface area contributed by atoms with Gasteiger partial charge in [-0.2, -0.15) is 0 Å². The Morgan fingerprint density at radius 3 is 2.45 bits per heavy atom. The molecule has 1 aromatic carbocycles. The van der Waals surface area contributed by atoms with Crippen LogP contribution in [0.15, 0.2) is 24.3 Å². The Labute approximate surface area is 119 Å². The van der Waals surface area contributed by atoms with Gasteiger partial charge in [0.15, 0.2) is 0 Å². The van der Waals surface area contributed by atoms with Gasteiger partial charge >= 0.3 is 0 Å². The monoisotopic (exact) mass is 281 g/mol. The highest BCUT2D eigenvalue weighted by atomic mass is 16.5. The molecule has 0 aliphatic carbocycles. The molecule has 1 atom stereocenters. The van der Waals surface area contributed by atoms with Crippen LogP contribution in [0.2, 0.25) is 0 Å². The minimum Gasteiger partial charge on any atom is -0.383 e. The summed E-state index contributed by atoms with van der Waals surface area (Å²) < 4.78 is 10.2. The highest BCUT2D eigenvalue weighted by Gasteiger charge is 2.21. The standard InChI is InChI=1S/C14H23N3O3/c1-11(10-20-3)17(8-9-19-2)14(18)12-4-6-13(16-15)7-5-12/h4-7,11,16H,8-10,15H2,1-3H3. The first kappa shape index (κ1) is 16.4. The van der Waals surface area contributed by atoms with Crippen LogP contribution >= 0.6 is 0 Å². The van der Waals surface area contributed by atoms with E-state index in [9.17, 15) is 4.79 Å². The van der Waals surface area contributed by atoms with Crippen molar-refractivity contribution >= 4 is 11.6 Å². The molecule has 0 aliphatic rings. The number of nitrogen functional groups attached to an aromatic ring is 1. The first-order valence-corrected chi connectivity index (χ1v) is 6.49. The summed E-state index contributed by atoms with van der Waals surface area (Å²) in [6.45, 7) is 3.45. The van der Waals surface area contributed by atoms with Crippen LogP contribution in [0.1, 0.15) is 17.3 Å². The summed E-state index contributed by atoms with van der Waals surface area (Å²) >= 11 is 0. The fraction of sp³-hybridized carbons (Fsp3) is 0.500. The quantitative estimate of drug-likeness (QED) is 0.551. The number of hydrogen-bond donors (Lipinski definition) is 2. The van der Waals surface area contributed by atoms with Gasteiger partial charge in [-0.3, -0.25) is 10.6 Å². The summed E-state index contributed by atoms with van der Waals surface area (Å²) in [6, 6.07) is 7.01. The van der Waals surface area contributed by atoms with E-state index >= 15 is 0 Å². The zero-order valence-corrected chi connectivity index (χ0v) is 12.3. The lowest BCUT2D eigenvalue weighted by atomic mass is 10.1. The Kier molecular flexibility index (Phi) is 7.00. The molecule has 3 N–H and O–H groups in total. The van der Waals surface area contributed by atoms with Gasteiger partial charge in [-0.25, -0.2) is 0 Å². The largest absolute Gasteiger partial charge is 0.383 e. The maximum Gasteiger partial charge on any atom is 0.254 e. The maximum atomic E-state index is 12.5. The fourth-order valence-electron chi connectivity index (χ4n) is 1.92. The van der Waals surface area contributed by atoms with E-state index in [0.717, 1.165) is 5.69 Å². The minimum absolute atomic E-state index is 0.0186. The molecule has 6 heteroatoms. The number of nitrogens with two attached hydrogens (primary N) is 1. The summed E-state index contributed by atoms with van der Waals surface area (Å²) in [5.74, 6) is 5.26. The predicted molar refractivity (Wildman–Crippen MR) is 78.5 cm³/mol. The van der Waals surface area contributed by atoms with E-state index in [1.165, 1.54) is 0 Å². The Balaban J connectivity index is 2.84. The molecule has 1 unspecified atom stereocenters. The SMILES string of the molecule is COCCN(C(=O)c1ccc(NN)cc1)C(C)COC. The van der Waals surface area contributed by atoms with E-state index < -0.39 is 0 Å². The topological polar surface area (TPSA) is 76.8 Å². The highest BCUT2D eigenvalue weighted by Crippen LogP contribution is 2.12. The number of anilines is 1. The lowest BCUT2D eigenvalue weighted by Crippen LogP contribution is -2.43. The molecule has 20 heavy (non-hydrogen) atoms. The van der Waals surface area contributed by atoms with Gasteiger partial charge in [0, 0.05) is 32.0 Å². The van der Waals surface area contributed by atoms with Crippen molar-refractivity contribution in [2.45, 2.75) is 13.0 Å². The number of benzene rings is 1. The van der Waals surface area contributed by atoms with E-state index in [-0.39, 0.29) is 11.9 Å². The number of carbonyl (C=O) groups is 1. The van der Waals surface area contributed by atoms with Crippen LogP contribution in [-0.2, 0) is 9.47 Å². The van der Waals surface area contributed by atoms with Gasteiger partial charge in [-0.05, 0) is 31.2 Å². The highest BCUT2D eigenvalue weighted by molar-refractivity contribution is 5.94. The zero-order chi connectivity index (χ0) is 15.0. The van der Waals surface area contributed by atoms with E-state index in [2.05, 4.69) is 5.43 Å². The van der Waals surface area contributed by atoms with Crippen LogP contribution in [0, 0.1) is 0 Å². The van der Waals surface area contributed by atoms with Crippen LogP contribution in [0.4, 0.5) is 5.69 Å². The second kappa shape index (κ2) is 8.52. The molecule has 0 saturated heterocycles. The van der Waals surface area contributed by atoms with Crippen molar-refractivity contribution in [2.24, 2.45) is 5.84 Å². The molecule has 0 spiro atoms. The van der Waals surface area contributed by atoms with Gasteiger partial charge in [0.25, 0.3) is 5.91 Å². The summed E-state index contributed by atoms with van der Waals surface area (Å²) in [5.41, 5.74) is 3.91. The third-order valence-electron chi connectivity index (χ3n) is 3.04. The molecule has 6 nitrogen and oxygen atoms in total. The molecule has 0 radical (unpaired) electrons. The molecule has 1 amide bonds. The van der Waals surface area contributed by atoms with Crippen LogP contribution in [0.5, 0.6) is 0 Å². The third-order valence-corrected chi connectivity index (χ3v) is 3.04. The molecule has 0 aromatic heterocycles. The van der Waals surface area contributed by atoms with E-state index in [4.69, 9.17) is 15.3 Å². The number of ether oxygens (including phenoxy) is 2. The number of hydrazine groups is 1. The number of carbonyl (C=O) groups excluding carboxylic acids is 1. The summed E-state index contributed by atoms with van der Waals surface area (Å²) in [5, 5.41) is 0. The fourth-order valence-corrected chi connectivity index (χ4v) is 1.92. The zero-order valence-electron chi connectivity index (χ0n) is 12.3. The van der Waals surface area contributed by atoms with Crippen LogP contribution in [0.3, 0.4) is 0 Å². The number of nitrogens with one attached hydrogen (secondary N) is 1. The normalized spacial score (nSPS) is 12.0. The van der Waals surface area contributed by atoms with Gasteiger partial charge in [-0.1, -0.05) is 0 Å². The summed E-state index contributed by atoms with van der Waals surface area (Å²) in [4.78, 5) is 14.3. The Morgan fingerprint density at radius 2 is 1.95 bits per heavy atom. The molecule has 0 bridgehead atoms. The molecule has 0 saturated carbocycles. The van der Waals surface area contributed by atoms with Crippen molar-refractivity contribution < 1.29 is 14.3 Å². The lowest BCUT2D eigenvalue weighted by molar-refractivity contribution is 0.0479. The Hall–Kier alpha value is -1.63. The molecule has 1 aromatic rings.